The second kappa shape index (κ2) is 2.99. The Labute approximate surface area is 71.4 Å². The van der Waals surface area contributed by atoms with E-state index in [-0.39, 0.29) is 15.9 Å². The van der Waals surface area contributed by atoms with E-state index in [2.05, 4.69) is 9.97 Å². The molecule has 1 aromatic heterocycles. The summed E-state index contributed by atoms with van der Waals surface area (Å²) < 4.78 is 12.2. The van der Waals surface area contributed by atoms with Crippen LogP contribution in [0.5, 0.6) is 0 Å². The van der Waals surface area contributed by atoms with Crippen molar-refractivity contribution in [3.63, 3.8) is 0 Å². The van der Waals surface area contributed by atoms with Crippen LogP contribution >= 0.6 is 23.2 Å². The number of halogens is 3. The Hall–Kier alpha value is -0.920. The van der Waals surface area contributed by atoms with Crippen molar-refractivity contribution in [2.45, 2.75) is 0 Å². The van der Waals surface area contributed by atoms with Gasteiger partial charge in [0, 0.05) is 0 Å². The summed E-state index contributed by atoms with van der Waals surface area (Å²) in [6, 6.07) is 1.64. The van der Waals surface area contributed by atoms with Crippen LogP contribution in [-0.2, 0) is 0 Å². The van der Waals surface area contributed by atoms with Crippen LogP contribution in [0, 0.1) is 17.4 Å². The molecule has 0 saturated carbocycles. The molecule has 0 aliphatic heterocycles. The number of hydrogen-bond acceptors (Lipinski definition) is 3. The molecule has 0 radical (unpaired) electrons. The van der Waals surface area contributed by atoms with Crippen molar-refractivity contribution >= 4 is 23.2 Å². The van der Waals surface area contributed by atoms with E-state index >= 15 is 0 Å². The lowest BCUT2D eigenvalue weighted by Crippen LogP contribution is -1.93. The van der Waals surface area contributed by atoms with Crippen LogP contribution in [0.4, 0.5) is 4.39 Å². The maximum atomic E-state index is 12.2. The van der Waals surface area contributed by atoms with Crippen molar-refractivity contribution in [3.05, 3.63) is 21.9 Å². The van der Waals surface area contributed by atoms with Crippen LogP contribution in [0.25, 0.3) is 0 Å². The van der Waals surface area contributed by atoms with E-state index in [1.807, 2.05) is 0 Å². The smallest absolute Gasteiger partial charge is 0.192 e. The van der Waals surface area contributed by atoms with Gasteiger partial charge in [0.1, 0.15) is 11.6 Å². The molecule has 0 aromatic carbocycles. The molecule has 0 spiro atoms. The third-order valence-electron chi connectivity index (χ3n) is 0.905. The third-order valence-corrected chi connectivity index (χ3v) is 1.45. The highest BCUT2D eigenvalue weighted by molar-refractivity contribution is 6.35. The molecule has 11 heavy (non-hydrogen) atoms. The van der Waals surface area contributed by atoms with Gasteiger partial charge in [-0.15, -0.1) is 0 Å². The molecule has 0 saturated heterocycles. The molecule has 0 atom stereocenters. The minimum atomic E-state index is -1.04. The number of nitrogens with zero attached hydrogens (tertiary/aromatic N) is 3. The molecule has 0 aliphatic rings. The van der Waals surface area contributed by atoms with E-state index < -0.39 is 6.08 Å². The molecule has 1 heterocycles. The van der Waals surface area contributed by atoms with E-state index in [4.69, 9.17) is 28.5 Å². The summed E-state index contributed by atoms with van der Waals surface area (Å²) in [6.45, 7) is 0. The molecule has 1 rings (SSSR count). The van der Waals surface area contributed by atoms with Crippen molar-refractivity contribution in [3.8, 4) is 6.07 Å². The molecule has 0 aliphatic carbocycles. The molecule has 56 valence electrons. The zero-order valence-electron chi connectivity index (χ0n) is 4.98. The van der Waals surface area contributed by atoms with Crippen molar-refractivity contribution in [1.82, 2.24) is 9.97 Å². The van der Waals surface area contributed by atoms with E-state index in [0.717, 1.165) is 0 Å². The Morgan fingerprint density at radius 1 is 1.27 bits per heavy atom. The summed E-state index contributed by atoms with van der Waals surface area (Å²) in [5, 5.41) is 7.82. The van der Waals surface area contributed by atoms with Gasteiger partial charge in [-0.25, -0.2) is 0 Å². The van der Waals surface area contributed by atoms with Crippen molar-refractivity contribution in [1.29, 1.82) is 5.26 Å². The van der Waals surface area contributed by atoms with Gasteiger partial charge in [0.05, 0.1) is 0 Å². The van der Waals surface area contributed by atoms with E-state index in [1.165, 1.54) is 0 Å². The molecule has 0 fully saturated rings. The summed E-state index contributed by atoms with van der Waals surface area (Å²) in [4.78, 5) is 6.17. The molecule has 6 heteroatoms. The van der Waals surface area contributed by atoms with Crippen molar-refractivity contribution in [2.75, 3.05) is 0 Å². The number of nitriles is 1. The molecular weight excluding hydrogens is 192 g/mol. The molecule has 0 N–H and O–H groups in total. The fourth-order valence-electron chi connectivity index (χ4n) is 0.476. The van der Waals surface area contributed by atoms with Gasteiger partial charge in [-0.05, 0) is 0 Å². The monoisotopic (exact) mass is 191 g/mol. The predicted octanol–water partition coefficient (Wildman–Crippen LogP) is 1.79. The minimum Gasteiger partial charge on any atom is -0.192 e. The zero-order chi connectivity index (χ0) is 8.43. The van der Waals surface area contributed by atoms with Crippen LogP contribution in [0.15, 0.2) is 0 Å². The maximum Gasteiger partial charge on any atom is 0.311 e. The first kappa shape index (κ1) is 8.18. The van der Waals surface area contributed by atoms with Crippen LogP contribution < -0.4 is 0 Å². The molecular formula is C5Cl2FN3. The van der Waals surface area contributed by atoms with Gasteiger partial charge in [0.15, 0.2) is 10.3 Å². The number of aromatic nitrogens is 2. The summed E-state index contributed by atoms with van der Waals surface area (Å²) in [5.74, 6) is 0. The lowest BCUT2D eigenvalue weighted by Gasteiger charge is -1.94. The second-order valence-electron chi connectivity index (χ2n) is 1.56. The number of rotatable bonds is 0. The number of hydrogen-bond donors (Lipinski definition) is 0. The molecule has 0 unspecified atom stereocenters. The fraction of sp³-hybridized carbons (Fsp3) is 0. The molecule has 0 bridgehead atoms. The maximum absolute atomic E-state index is 12.2. The van der Waals surface area contributed by atoms with Gasteiger partial charge in [-0.2, -0.15) is 19.6 Å². The highest BCUT2D eigenvalue weighted by Crippen LogP contribution is 2.18. The van der Waals surface area contributed by atoms with Crippen LogP contribution in [0.3, 0.4) is 0 Å². The lowest BCUT2D eigenvalue weighted by atomic mass is 10.4. The van der Waals surface area contributed by atoms with Gasteiger partial charge in [0.2, 0.25) is 0 Å². The lowest BCUT2D eigenvalue weighted by molar-refractivity contribution is 0.538. The Balaban J connectivity index is 3.40. The molecule has 1 aromatic rings. The normalized spacial score (nSPS) is 9.27. The van der Waals surface area contributed by atoms with Gasteiger partial charge >= 0.3 is 6.08 Å². The minimum absolute atomic E-state index is 0.116. The van der Waals surface area contributed by atoms with Crippen LogP contribution in [0.2, 0.25) is 10.3 Å². The Kier molecular flexibility index (Phi) is 2.22. The van der Waals surface area contributed by atoms with Crippen LogP contribution in [0.1, 0.15) is 5.56 Å². The predicted molar refractivity (Wildman–Crippen MR) is 36.7 cm³/mol. The Bertz CT molecular complexity index is 310. The van der Waals surface area contributed by atoms with Crippen molar-refractivity contribution < 1.29 is 4.39 Å². The molecule has 3 nitrogen and oxygen atoms in total. The van der Waals surface area contributed by atoms with Gasteiger partial charge in [0.25, 0.3) is 0 Å². The largest absolute Gasteiger partial charge is 0.311 e. The van der Waals surface area contributed by atoms with Gasteiger partial charge < -0.3 is 0 Å². The summed E-state index contributed by atoms with van der Waals surface area (Å²) >= 11 is 10.7. The Morgan fingerprint density at radius 2 is 1.73 bits per heavy atom. The summed E-state index contributed by atoms with van der Waals surface area (Å²) in [6.07, 6.45) is -1.04. The van der Waals surface area contributed by atoms with Gasteiger partial charge in [-0.1, -0.05) is 23.2 Å². The van der Waals surface area contributed by atoms with E-state index in [9.17, 15) is 4.39 Å². The topological polar surface area (TPSA) is 49.6 Å². The average molecular weight is 192 g/mol. The van der Waals surface area contributed by atoms with Gasteiger partial charge in [-0.3, -0.25) is 0 Å². The van der Waals surface area contributed by atoms with Crippen LogP contribution in [-0.4, -0.2) is 9.97 Å². The summed E-state index contributed by atoms with van der Waals surface area (Å²) in [7, 11) is 0. The first-order valence-corrected chi connectivity index (χ1v) is 3.19. The summed E-state index contributed by atoms with van der Waals surface area (Å²) in [5.41, 5.74) is -0.116. The highest BCUT2D eigenvalue weighted by atomic mass is 35.5. The second-order valence-corrected chi connectivity index (χ2v) is 2.28. The quantitative estimate of drug-likeness (QED) is 0.465. The standard InChI is InChI=1S/C5Cl2FN3/c6-3-2(1-9)4(7)11-5(8)10-3. The third kappa shape index (κ3) is 1.56. The van der Waals surface area contributed by atoms with E-state index in [0.29, 0.717) is 0 Å². The first-order valence-electron chi connectivity index (χ1n) is 2.43. The SMILES string of the molecule is N#Cc1c(Cl)nc(F)nc1Cl. The Morgan fingerprint density at radius 3 is 2.09 bits per heavy atom. The average Bonchev–Trinajstić information content (AvgIpc) is 1.85. The first-order chi connectivity index (χ1) is 5.15. The highest BCUT2D eigenvalue weighted by Gasteiger charge is 2.09. The zero-order valence-corrected chi connectivity index (χ0v) is 6.49. The fourth-order valence-corrected chi connectivity index (χ4v) is 0.928. The van der Waals surface area contributed by atoms with Crippen molar-refractivity contribution in [2.24, 2.45) is 0 Å². The molecule has 0 amide bonds. The van der Waals surface area contributed by atoms with E-state index in [1.54, 1.807) is 6.07 Å².